The van der Waals surface area contributed by atoms with E-state index < -0.39 is 0 Å². The van der Waals surface area contributed by atoms with Gasteiger partial charge in [0.25, 0.3) is 5.91 Å². The number of carbonyl (C=O) groups is 1. The maximum Gasteiger partial charge on any atom is 0.259 e. The predicted molar refractivity (Wildman–Crippen MR) is 117 cm³/mol. The number of nitrogens with one attached hydrogen (secondary N) is 1. The number of aromatic hydroxyl groups is 1. The number of aryl methyl sites for hydroxylation is 1. The lowest BCUT2D eigenvalue weighted by molar-refractivity contribution is 0.102. The lowest BCUT2D eigenvalue weighted by atomic mass is 10.1. The van der Waals surface area contributed by atoms with Crippen molar-refractivity contribution in [3.8, 4) is 5.75 Å². The van der Waals surface area contributed by atoms with Crippen LogP contribution in [-0.2, 0) is 6.54 Å². The van der Waals surface area contributed by atoms with E-state index in [1.54, 1.807) is 42.6 Å². The van der Waals surface area contributed by atoms with Gasteiger partial charge in [-0.2, -0.15) is 0 Å². The number of likely N-dealkylation sites (tertiary alicyclic amines) is 1. The summed E-state index contributed by atoms with van der Waals surface area (Å²) in [5.74, 6) is 1.07. The minimum atomic E-state index is -0.234. The van der Waals surface area contributed by atoms with Crippen LogP contribution >= 0.6 is 11.6 Å². The molecule has 2 aromatic carbocycles. The molecule has 4 rings (SSSR count). The Hall–Kier alpha value is -2.96. The number of benzene rings is 2. The monoisotopic (exact) mass is 422 g/mol. The molecule has 0 saturated carbocycles. The molecule has 1 amide bonds. The number of phenols is 1. The molecule has 0 bridgehead atoms. The molecule has 30 heavy (non-hydrogen) atoms. The molecule has 2 N–H and O–H groups in total. The molecule has 1 aliphatic heterocycles. The van der Waals surface area contributed by atoms with Crippen LogP contribution in [0.5, 0.6) is 5.75 Å². The van der Waals surface area contributed by atoms with Crippen LogP contribution in [0.3, 0.4) is 0 Å². The van der Waals surface area contributed by atoms with Gasteiger partial charge in [0.1, 0.15) is 11.6 Å². The van der Waals surface area contributed by atoms with Crippen LogP contribution in [0.25, 0.3) is 0 Å². The molecule has 3 aromatic rings. The topological polar surface area (TPSA) is 78.3 Å². The van der Waals surface area contributed by atoms with Crippen molar-refractivity contribution in [2.45, 2.75) is 25.8 Å². The van der Waals surface area contributed by atoms with Crippen molar-refractivity contribution in [2.75, 3.05) is 18.4 Å². The van der Waals surface area contributed by atoms with Gasteiger partial charge in [-0.25, -0.2) is 9.97 Å². The third kappa shape index (κ3) is 4.78. The highest BCUT2D eigenvalue weighted by Crippen LogP contribution is 2.27. The number of carbonyl (C=O) groups excluding carboxylic acids is 1. The van der Waals surface area contributed by atoms with E-state index in [4.69, 9.17) is 11.6 Å². The van der Waals surface area contributed by atoms with Crippen molar-refractivity contribution in [3.05, 3.63) is 82.4 Å². The second-order valence-electron chi connectivity index (χ2n) is 7.58. The Balaban J connectivity index is 1.39. The molecule has 0 aliphatic carbocycles. The molecule has 1 saturated heterocycles. The molecule has 0 unspecified atom stereocenters. The first-order valence-electron chi connectivity index (χ1n) is 9.88. The average molecular weight is 423 g/mol. The zero-order chi connectivity index (χ0) is 21.1. The van der Waals surface area contributed by atoms with E-state index in [0.29, 0.717) is 22.0 Å². The maximum absolute atomic E-state index is 12.6. The van der Waals surface area contributed by atoms with Crippen LogP contribution in [0.15, 0.2) is 54.7 Å². The number of anilines is 1. The number of phenolic OH excluding ortho intramolecular Hbond substituents is 1. The van der Waals surface area contributed by atoms with Crippen molar-refractivity contribution in [1.29, 1.82) is 0 Å². The zero-order valence-corrected chi connectivity index (χ0v) is 17.4. The molecule has 1 aliphatic rings. The summed E-state index contributed by atoms with van der Waals surface area (Å²) < 4.78 is 0. The van der Waals surface area contributed by atoms with Gasteiger partial charge in [-0.15, -0.1) is 0 Å². The lowest BCUT2D eigenvalue weighted by Crippen LogP contribution is -2.20. The van der Waals surface area contributed by atoms with Gasteiger partial charge < -0.3 is 10.4 Å². The van der Waals surface area contributed by atoms with E-state index in [2.05, 4.69) is 20.2 Å². The molecule has 0 radical (unpaired) electrons. The number of hydrogen-bond acceptors (Lipinski definition) is 5. The van der Waals surface area contributed by atoms with Crippen LogP contribution in [0, 0.1) is 6.92 Å². The molecule has 0 spiro atoms. The molecule has 7 heteroatoms. The summed E-state index contributed by atoms with van der Waals surface area (Å²) in [5, 5.41) is 12.9. The van der Waals surface area contributed by atoms with Crippen LogP contribution in [0.2, 0.25) is 5.02 Å². The highest BCUT2D eigenvalue weighted by Gasteiger charge is 2.26. The summed E-state index contributed by atoms with van der Waals surface area (Å²) in [6, 6.07) is 14.3. The first kappa shape index (κ1) is 20.3. The van der Waals surface area contributed by atoms with Gasteiger partial charge in [0.05, 0.1) is 11.3 Å². The number of rotatable bonds is 5. The zero-order valence-electron chi connectivity index (χ0n) is 16.7. The van der Waals surface area contributed by atoms with Gasteiger partial charge in [0.2, 0.25) is 0 Å². The normalized spacial score (nSPS) is 16.5. The highest BCUT2D eigenvalue weighted by molar-refractivity contribution is 6.30. The Morgan fingerprint density at radius 1 is 1.20 bits per heavy atom. The largest absolute Gasteiger partial charge is 0.508 e. The number of hydrogen-bond donors (Lipinski definition) is 2. The van der Waals surface area contributed by atoms with Crippen molar-refractivity contribution in [3.63, 3.8) is 0 Å². The average Bonchev–Trinajstić information content (AvgIpc) is 3.20. The Morgan fingerprint density at radius 2 is 1.93 bits per heavy atom. The Bertz CT molecular complexity index is 1040. The van der Waals surface area contributed by atoms with Gasteiger partial charge in [-0.1, -0.05) is 23.7 Å². The van der Waals surface area contributed by atoms with Crippen LogP contribution in [0.1, 0.15) is 39.8 Å². The van der Waals surface area contributed by atoms with Crippen molar-refractivity contribution >= 4 is 23.2 Å². The van der Waals surface area contributed by atoms with Gasteiger partial charge >= 0.3 is 0 Å². The maximum atomic E-state index is 12.6. The lowest BCUT2D eigenvalue weighted by Gasteiger charge is -2.16. The molecular formula is C23H23ClN4O2. The van der Waals surface area contributed by atoms with E-state index in [1.807, 2.05) is 19.1 Å². The smallest absolute Gasteiger partial charge is 0.259 e. The molecule has 154 valence electrons. The number of aromatic nitrogens is 2. The van der Waals surface area contributed by atoms with Gasteiger partial charge in [0.15, 0.2) is 0 Å². The SMILES string of the molecule is Cc1nc([C@@H]2CCN(Cc3ccc(O)cc3)C2)ncc1C(=O)Nc1ccc(Cl)cc1. The summed E-state index contributed by atoms with van der Waals surface area (Å²) >= 11 is 5.89. The second kappa shape index (κ2) is 8.81. The van der Waals surface area contributed by atoms with Gasteiger partial charge in [-0.3, -0.25) is 9.69 Å². The highest BCUT2D eigenvalue weighted by atomic mass is 35.5. The molecule has 6 nitrogen and oxygen atoms in total. The van der Waals surface area contributed by atoms with Gasteiger partial charge in [-0.05, 0) is 61.9 Å². The molecule has 2 heterocycles. The summed E-state index contributed by atoms with van der Waals surface area (Å²) in [5.41, 5.74) is 2.98. The minimum Gasteiger partial charge on any atom is -0.508 e. The van der Waals surface area contributed by atoms with Crippen LogP contribution in [-0.4, -0.2) is 39.0 Å². The third-order valence-electron chi connectivity index (χ3n) is 5.32. The summed E-state index contributed by atoms with van der Waals surface area (Å²) in [6.07, 6.45) is 2.60. The van der Waals surface area contributed by atoms with Crippen molar-refractivity contribution < 1.29 is 9.90 Å². The minimum absolute atomic E-state index is 0.234. The first-order chi connectivity index (χ1) is 14.5. The fraction of sp³-hybridized carbons (Fsp3) is 0.261. The molecular weight excluding hydrogens is 400 g/mol. The summed E-state index contributed by atoms with van der Waals surface area (Å²) in [7, 11) is 0. The van der Waals surface area contributed by atoms with Crippen molar-refractivity contribution in [2.24, 2.45) is 0 Å². The third-order valence-corrected chi connectivity index (χ3v) is 5.58. The quantitative estimate of drug-likeness (QED) is 0.637. The fourth-order valence-corrected chi connectivity index (χ4v) is 3.81. The summed E-state index contributed by atoms with van der Waals surface area (Å²) in [4.78, 5) is 24.1. The van der Waals surface area contributed by atoms with E-state index in [-0.39, 0.29) is 17.6 Å². The molecule has 1 aromatic heterocycles. The Kier molecular flexibility index (Phi) is 5.97. The standard InChI is InChI=1S/C23H23ClN4O2/c1-15-21(23(30)27-19-6-4-18(24)5-7-19)12-25-22(26-15)17-10-11-28(14-17)13-16-2-8-20(29)9-3-16/h2-9,12,17,29H,10-11,13-14H2,1H3,(H,27,30)/t17-/m1/s1. The Labute approximate surface area is 180 Å². The van der Waals surface area contributed by atoms with Crippen LogP contribution in [0.4, 0.5) is 5.69 Å². The van der Waals surface area contributed by atoms with Gasteiger partial charge in [0, 0.05) is 35.9 Å². The van der Waals surface area contributed by atoms with E-state index in [0.717, 1.165) is 31.9 Å². The van der Waals surface area contributed by atoms with E-state index in [9.17, 15) is 9.90 Å². The molecule has 1 fully saturated rings. The molecule has 1 atom stereocenters. The Morgan fingerprint density at radius 3 is 2.63 bits per heavy atom. The van der Waals surface area contributed by atoms with E-state index in [1.165, 1.54) is 5.56 Å². The second-order valence-corrected chi connectivity index (χ2v) is 8.01. The van der Waals surface area contributed by atoms with Crippen LogP contribution < -0.4 is 5.32 Å². The fourth-order valence-electron chi connectivity index (χ4n) is 3.68. The number of halogens is 1. The summed E-state index contributed by atoms with van der Waals surface area (Å²) in [6.45, 7) is 4.51. The number of amides is 1. The van der Waals surface area contributed by atoms with E-state index >= 15 is 0 Å². The van der Waals surface area contributed by atoms with Crippen molar-refractivity contribution in [1.82, 2.24) is 14.9 Å². The predicted octanol–water partition coefficient (Wildman–Crippen LogP) is 4.39. The number of nitrogens with zero attached hydrogens (tertiary/aromatic N) is 3. The first-order valence-corrected chi connectivity index (χ1v) is 10.3.